The van der Waals surface area contributed by atoms with Crippen molar-refractivity contribution in [2.75, 3.05) is 33.5 Å². The lowest BCUT2D eigenvalue weighted by Gasteiger charge is -2.32. The molecule has 1 aromatic rings. The number of hydrogen-bond acceptors (Lipinski definition) is 5. The van der Waals surface area contributed by atoms with Gasteiger partial charge in [0.1, 0.15) is 12.3 Å². The van der Waals surface area contributed by atoms with Gasteiger partial charge >= 0.3 is 0 Å². The summed E-state index contributed by atoms with van der Waals surface area (Å²) in [6, 6.07) is 0. The highest BCUT2D eigenvalue weighted by molar-refractivity contribution is 5.77. The van der Waals surface area contributed by atoms with Crippen LogP contribution in [0.4, 0.5) is 0 Å². The highest BCUT2D eigenvalue weighted by atomic mass is 16.5. The summed E-state index contributed by atoms with van der Waals surface area (Å²) >= 11 is 0. The van der Waals surface area contributed by atoms with Gasteiger partial charge in [-0.2, -0.15) is 0 Å². The van der Waals surface area contributed by atoms with E-state index >= 15 is 0 Å². The van der Waals surface area contributed by atoms with Crippen molar-refractivity contribution in [1.29, 1.82) is 0 Å². The van der Waals surface area contributed by atoms with Gasteiger partial charge in [0.25, 0.3) is 0 Å². The van der Waals surface area contributed by atoms with E-state index in [1.54, 1.807) is 11.0 Å². The summed E-state index contributed by atoms with van der Waals surface area (Å²) in [5, 5.41) is 8.36. The Hall–Kier alpha value is -1.73. The second-order valence-electron chi connectivity index (χ2n) is 4.97. The van der Waals surface area contributed by atoms with Gasteiger partial charge in [-0.1, -0.05) is 11.3 Å². The van der Waals surface area contributed by atoms with Gasteiger partial charge in [0, 0.05) is 26.1 Å². The Morgan fingerprint density at radius 1 is 1.57 bits per heavy atom. The fraction of sp³-hybridized carbons (Fsp3) is 0.643. The van der Waals surface area contributed by atoms with E-state index in [2.05, 4.69) is 16.9 Å². The van der Waals surface area contributed by atoms with Gasteiger partial charge in [-0.15, -0.1) is 11.7 Å². The Kier molecular flexibility index (Phi) is 5.46. The van der Waals surface area contributed by atoms with Crippen LogP contribution in [0.25, 0.3) is 0 Å². The van der Waals surface area contributed by atoms with Gasteiger partial charge in [-0.05, 0) is 6.92 Å². The number of ether oxygens (including phenoxy) is 2. The van der Waals surface area contributed by atoms with Crippen LogP contribution in [0.3, 0.4) is 0 Å². The van der Waals surface area contributed by atoms with Crippen LogP contribution in [0.2, 0.25) is 0 Å². The van der Waals surface area contributed by atoms with E-state index in [4.69, 9.17) is 9.47 Å². The van der Waals surface area contributed by atoms with Gasteiger partial charge < -0.3 is 14.4 Å². The Labute approximate surface area is 124 Å². The molecule has 2 heterocycles. The molecule has 2 rings (SSSR count). The zero-order valence-electron chi connectivity index (χ0n) is 12.6. The summed E-state index contributed by atoms with van der Waals surface area (Å²) < 4.78 is 12.4. The van der Waals surface area contributed by atoms with Gasteiger partial charge in [-0.3, -0.25) is 4.79 Å². The average Bonchev–Trinajstić information content (AvgIpc) is 2.90. The molecule has 0 spiro atoms. The fourth-order valence-electron chi connectivity index (χ4n) is 2.58. The summed E-state index contributed by atoms with van der Waals surface area (Å²) in [6.45, 7) is 8.59. The van der Waals surface area contributed by atoms with Crippen LogP contribution >= 0.6 is 0 Å². The minimum atomic E-state index is -0.0390. The molecule has 7 heteroatoms. The van der Waals surface area contributed by atoms with Crippen molar-refractivity contribution < 1.29 is 14.3 Å². The molecule has 0 aliphatic carbocycles. The largest absolute Gasteiger partial charge is 0.377 e. The standard InChI is InChI=1S/C14H22N4O3/c1-4-6-21-9-11-7-17(13(19)10-20-3)8-12-14(11)18(5-2)16-15-12/h4,11H,1,5-10H2,2-3H3. The van der Waals surface area contributed by atoms with Crippen molar-refractivity contribution in [3.05, 3.63) is 24.0 Å². The maximum absolute atomic E-state index is 12.0. The van der Waals surface area contributed by atoms with Crippen molar-refractivity contribution in [3.63, 3.8) is 0 Å². The van der Waals surface area contributed by atoms with Crippen molar-refractivity contribution in [3.8, 4) is 0 Å². The molecule has 0 aromatic carbocycles. The van der Waals surface area contributed by atoms with Crippen LogP contribution in [-0.4, -0.2) is 59.3 Å². The van der Waals surface area contributed by atoms with Crippen LogP contribution in [0, 0.1) is 0 Å². The van der Waals surface area contributed by atoms with E-state index in [0.717, 1.165) is 17.9 Å². The molecule has 1 aliphatic heterocycles. The molecule has 0 radical (unpaired) electrons. The third kappa shape index (κ3) is 3.48. The molecule has 0 fully saturated rings. The monoisotopic (exact) mass is 294 g/mol. The highest BCUT2D eigenvalue weighted by Gasteiger charge is 2.32. The highest BCUT2D eigenvalue weighted by Crippen LogP contribution is 2.27. The minimum absolute atomic E-state index is 0.0390. The van der Waals surface area contributed by atoms with Crippen molar-refractivity contribution in [2.45, 2.75) is 25.9 Å². The molecule has 0 saturated carbocycles. The molecule has 1 amide bonds. The SMILES string of the molecule is C=CCOCC1CN(C(=O)COC)Cc2nnn(CC)c21. The summed E-state index contributed by atoms with van der Waals surface area (Å²) in [6.07, 6.45) is 1.72. The van der Waals surface area contributed by atoms with Crippen LogP contribution in [0.1, 0.15) is 24.2 Å². The van der Waals surface area contributed by atoms with E-state index in [-0.39, 0.29) is 18.4 Å². The molecule has 1 unspecified atom stereocenters. The molecular weight excluding hydrogens is 272 g/mol. The number of fused-ring (bicyclic) bond motifs is 1. The van der Waals surface area contributed by atoms with Gasteiger partial charge in [0.2, 0.25) is 5.91 Å². The van der Waals surface area contributed by atoms with Crippen LogP contribution in [0.15, 0.2) is 12.7 Å². The molecule has 0 saturated heterocycles. The van der Waals surface area contributed by atoms with Crippen LogP contribution in [-0.2, 0) is 27.4 Å². The van der Waals surface area contributed by atoms with E-state index < -0.39 is 0 Å². The van der Waals surface area contributed by atoms with E-state index in [1.807, 2.05) is 11.6 Å². The number of aryl methyl sites for hydroxylation is 1. The van der Waals surface area contributed by atoms with Crippen LogP contribution < -0.4 is 0 Å². The fourth-order valence-corrected chi connectivity index (χ4v) is 2.58. The molecule has 1 atom stereocenters. The third-order valence-electron chi connectivity index (χ3n) is 3.49. The first-order valence-electron chi connectivity index (χ1n) is 7.08. The number of rotatable bonds is 7. The molecule has 116 valence electrons. The molecule has 1 aromatic heterocycles. The van der Waals surface area contributed by atoms with E-state index in [1.165, 1.54) is 7.11 Å². The zero-order chi connectivity index (χ0) is 15.2. The summed E-state index contributed by atoms with van der Waals surface area (Å²) in [5.74, 6) is 0.0346. The number of carbonyl (C=O) groups excluding carboxylic acids is 1. The normalized spacial score (nSPS) is 17.6. The number of amides is 1. The van der Waals surface area contributed by atoms with Gasteiger partial charge in [0.05, 0.1) is 25.5 Å². The lowest BCUT2D eigenvalue weighted by molar-refractivity contribution is -0.136. The number of nitrogens with zero attached hydrogens (tertiary/aromatic N) is 4. The summed E-state index contributed by atoms with van der Waals surface area (Å²) in [4.78, 5) is 13.8. The number of methoxy groups -OCH3 is 1. The number of aromatic nitrogens is 3. The molecular formula is C14H22N4O3. The van der Waals surface area contributed by atoms with E-state index in [9.17, 15) is 4.79 Å². The Morgan fingerprint density at radius 3 is 3.05 bits per heavy atom. The maximum Gasteiger partial charge on any atom is 0.248 e. The Morgan fingerprint density at radius 2 is 2.38 bits per heavy atom. The number of hydrogen-bond donors (Lipinski definition) is 0. The van der Waals surface area contributed by atoms with E-state index in [0.29, 0.717) is 26.3 Å². The zero-order valence-corrected chi connectivity index (χ0v) is 12.6. The molecule has 7 nitrogen and oxygen atoms in total. The van der Waals surface area contributed by atoms with Gasteiger partial charge in [0.15, 0.2) is 0 Å². The second kappa shape index (κ2) is 7.33. The summed E-state index contributed by atoms with van der Waals surface area (Å²) in [5.41, 5.74) is 1.92. The molecule has 1 aliphatic rings. The third-order valence-corrected chi connectivity index (χ3v) is 3.49. The lowest BCUT2D eigenvalue weighted by atomic mass is 9.99. The predicted molar refractivity (Wildman–Crippen MR) is 76.7 cm³/mol. The van der Waals surface area contributed by atoms with Crippen LogP contribution in [0.5, 0.6) is 0 Å². The summed E-state index contributed by atoms with van der Waals surface area (Å²) in [7, 11) is 1.52. The smallest absolute Gasteiger partial charge is 0.248 e. The quantitative estimate of drug-likeness (QED) is 0.543. The topological polar surface area (TPSA) is 69.5 Å². The molecule has 0 bridgehead atoms. The maximum atomic E-state index is 12.0. The van der Waals surface area contributed by atoms with Crippen molar-refractivity contribution in [2.24, 2.45) is 0 Å². The molecule has 21 heavy (non-hydrogen) atoms. The average molecular weight is 294 g/mol. The first-order chi connectivity index (χ1) is 10.2. The lowest BCUT2D eigenvalue weighted by Crippen LogP contribution is -2.41. The first kappa shape index (κ1) is 15.7. The van der Waals surface area contributed by atoms with Gasteiger partial charge in [-0.25, -0.2) is 4.68 Å². The second-order valence-corrected chi connectivity index (χ2v) is 4.97. The number of carbonyl (C=O) groups is 1. The Balaban J connectivity index is 2.18. The molecule has 0 N–H and O–H groups in total. The predicted octanol–water partition coefficient (Wildman–Crippen LogP) is 0.573. The van der Waals surface area contributed by atoms with Crippen molar-refractivity contribution in [1.82, 2.24) is 19.9 Å². The van der Waals surface area contributed by atoms with Crippen molar-refractivity contribution >= 4 is 5.91 Å². The first-order valence-corrected chi connectivity index (χ1v) is 7.08. The Bertz CT molecular complexity index is 500. The minimum Gasteiger partial charge on any atom is -0.377 e.